The van der Waals surface area contributed by atoms with E-state index in [0.29, 0.717) is 24.4 Å². The first kappa shape index (κ1) is 23.2. The molecule has 9 nitrogen and oxygen atoms in total. The molecule has 0 spiro atoms. The molecule has 10 heteroatoms. The molecular formula is C15H29N5O4S. The van der Waals surface area contributed by atoms with Crippen LogP contribution in [-0.2, 0) is 23.1 Å². The zero-order valence-corrected chi connectivity index (χ0v) is 15.2. The summed E-state index contributed by atoms with van der Waals surface area (Å²) >= 11 is 0. The van der Waals surface area contributed by atoms with Crippen LogP contribution >= 0.6 is 0 Å². The lowest BCUT2D eigenvalue weighted by Gasteiger charge is -2.12. The molecule has 0 fully saturated rings. The molecular weight excluding hydrogens is 346 g/mol. The molecule has 0 bridgehead atoms. The molecule has 0 aliphatic rings. The van der Waals surface area contributed by atoms with Crippen LogP contribution in [0.25, 0.3) is 0 Å². The van der Waals surface area contributed by atoms with E-state index in [2.05, 4.69) is 15.0 Å². The average Bonchev–Trinajstić information content (AvgIpc) is 3.06. The van der Waals surface area contributed by atoms with Gasteiger partial charge in [-0.3, -0.25) is 0 Å². The zero-order valence-electron chi connectivity index (χ0n) is 14.4. The van der Waals surface area contributed by atoms with Crippen LogP contribution in [0.4, 0.5) is 0 Å². The van der Waals surface area contributed by atoms with Crippen LogP contribution in [-0.4, -0.2) is 69.2 Å². The highest BCUT2D eigenvalue weighted by atomic mass is 32.2. The van der Waals surface area contributed by atoms with E-state index in [4.69, 9.17) is 10.2 Å². The Morgan fingerprint density at radius 2 is 1.80 bits per heavy atom. The topological polar surface area (TPSA) is 124 Å². The number of aliphatic hydroxyl groups excluding tert-OH is 2. The first-order valence-electron chi connectivity index (χ1n) is 7.42. The largest absolute Gasteiger partial charge is 0.396 e. The van der Waals surface area contributed by atoms with Crippen molar-refractivity contribution < 1.29 is 18.6 Å². The molecule has 3 N–H and O–H groups in total. The van der Waals surface area contributed by atoms with E-state index in [1.54, 1.807) is 13.1 Å². The number of nitrogens with one attached hydrogen (secondary N) is 1. The number of imidazole rings is 2. The summed E-state index contributed by atoms with van der Waals surface area (Å²) in [7, 11) is -0.582. The fourth-order valence-electron chi connectivity index (χ4n) is 1.88. The van der Waals surface area contributed by atoms with E-state index >= 15 is 0 Å². The monoisotopic (exact) mass is 375 g/mol. The van der Waals surface area contributed by atoms with Crippen molar-refractivity contribution in [3.8, 4) is 0 Å². The quantitative estimate of drug-likeness (QED) is 0.666. The normalized spacial score (nSPS) is 11.0. The third-order valence-electron chi connectivity index (χ3n) is 3.11. The summed E-state index contributed by atoms with van der Waals surface area (Å²) in [5.74, 6) is 1.30. The third-order valence-corrected chi connectivity index (χ3v) is 4.89. The van der Waals surface area contributed by atoms with Gasteiger partial charge in [-0.25, -0.2) is 13.9 Å². The number of aryl methyl sites for hydroxylation is 2. The van der Waals surface area contributed by atoms with Crippen molar-refractivity contribution in [2.75, 3.05) is 27.3 Å². The van der Waals surface area contributed by atoms with Crippen LogP contribution in [0.2, 0.25) is 0 Å². The molecule has 0 aliphatic heterocycles. The summed E-state index contributed by atoms with van der Waals surface area (Å²) in [6.07, 6.45) is 4.20. The van der Waals surface area contributed by atoms with Crippen molar-refractivity contribution >= 4 is 10.2 Å². The molecule has 0 aliphatic carbocycles. The second-order valence-corrected chi connectivity index (χ2v) is 7.33. The second kappa shape index (κ2) is 10.3. The van der Waals surface area contributed by atoms with Crippen LogP contribution < -0.4 is 0 Å². The molecule has 0 saturated carbocycles. The number of aromatic nitrogens is 4. The van der Waals surface area contributed by atoms with Crippen molar-refractivity contribution in [3.05, 3.63) is 35.4 Å². The van der Waals surface area contributed by atoms with E-state index in [1.165, 1.54) is 20.3 Å². The minimum Gasteiger partial charge on any atom is -0.396 e. The molecule has 0 atom stereocenters. The van der Waals surface area contributed by atoms with Gasteiger partial charge < -0.3 is 15.2 Å². The van der Waals surface area contributed by atoms with Crippen molar-refractivity contribution in [1.82, 2.24) is 23.2 Å². The lowest BCUT2D eigenvalue weighted by atomic mass is 10.4. The third kappa shape index (κ3) is 6.58. The number of hydrogen-bond acceptors (Lipinski definition) is 6. The number of hydrogen-bond donors (Lipinski definition) is 3. The number of nitrogens with zero attached hydrogens (tertiary/aromatic N) is 4. The summed E-state index contributed by atoms with van der Waals surface area (Å²) in [5, 5.41) is 17.2. The predicted octanol–water partition coefficient (Wildman–Crippen LogP) is 0.270. The lowest BCUT2D eigenvalue weighted by molar-refractivity contribution is 0.298. The maximum absolute atomic E-state index is 11.8. The van der Waals surface area contributed by atoms with E-state index in [-0.39, 0.29) is 20.6 Å². The molecule has 2 aromatic heterocycles. The van der Waals surface area contributed by atoms with Gasteiger partial charge in [0.15, 0.2) is 0 Å². The van der Waals surface area contributed by atoms with Gasteiger partial charge in [0.2, 0.25) is 0 Å². The van der Waals surface area contributed by atoms with Gasteiger partial charge in [-0.1, -0.05) is 7.43 Å². The lowest BCUT2D eigenvalue weighted by Crippen LogP contribution is -2.29. The van der Waals surface area contributed by atoms with Crippen molar-refractivity contribution in [1.29, 1.82) is 0 Å². The van der Waals surface area contributed by atoms with Gasteiger partial charge in [-0.2, -0.15) is 12.7 Å². The smallest absolute Gasteiger partial charge is 0.308 e. The molecule has 25 heavy (non-hydrogen) atoms. The number of aliphatic hydroxyl groups is 2. The molecule has 0 unspecified atom stereocenters. The van der Waals surface area contributed by atoms with Crippen molar-refractivity contribution in [3.63, 3.8) is 0 Å². The van der Waals surface area contributed by atoms with Gasteiger partial charge in [0, 0.05) is 58.2 Å². The molecule has 0 radical (unpaired) electrons. The number of H-pyrrole nitrogens is 1. The Kier molecular flexibility index (Phi) is 9.57. The van der Waals surface area contributed by atoms with Gasteiger partial charge in [-0.15, -0.1) is 0 Å². The summed E-state index contributed by atoms with van der Waals surface area (Å²) in [4.78, 5) is 11.0. The van der Waals surface area contributed by atoms with Gasteiger partial charge in [0.25, 0.3) is 0 Å². The highest BCUT2D eigenvalue weighted by Crippen LogP contribution is 2.08. The van der Waals surface area contributed by atoms with Crippen LogP contribution in [0.15, 0.2) is 12.4 Å². The summed E-state index contributed by atoms with van der Waals surface area (Å²) in [5.41, 5.74) is 1.57. The van der Waals surface area contributed by atoms with Crippen LogP contribution in [0.1, 0.15) is 30.5 Å². The van der Waals surface area contributed by atoms with Gasteiger partial charge >= 0.3 is 10.2 Å². The second-order valence-electron chi connectivity index (χ2n) is 5.31. The summed E-state index contributed by atoms with van der Waals surface area (Å²) < 4.78 is 25.7. The fourth-order valence-corrected chi connectivity index (χ4v) is 2.86. The Labute approximate surface area is 149 Å². The van der Waals surface area contributed by atoms with Crippen LogP contribution in [0, 0.1) is 13.8 Å². The molecule has 0 amide bonds. The van der Waals surface area contributed by atoms with Gasteiger partial charge in [0.05, 0.1) is 5.69 Å². The maximum atomic E-state index is 11.8. The number of rotatable bonds is 6. The van der Waals surface area contributed by atoms with Crippen molar-refractivity contribution in [2.24, 2.45) is 0 Å². The van der Waals surface area contributed by atoms with Crippen molar-refractivity contribution in [2.45, 2.75) is 34.1 Å². The Balaban J connectivity index is 0.000000495. The zero-order chi connectivity index (χ0) is 18.3. The van der Waals surface area contributed by atoms with E-state index in [1.807, 2.05) is 6.92 Å². The molecule has 2 aromatic rings. The minimum absolute atomic E-state index is 0. The van der Waals surface area contributed by atoms with Crippen LogP contribution in [0.5, 0.6) is 0 Å². The fraction of sp³-hybridized carbons (Fsp3) is 0.600. The first-order valence-corrected chi connectivity index (χ1v) is 8.82. The Hall–Kier alpha value is -1.75. The maximum Gasteiger partial charge on any atom is 0.308 e. The van der Waals surface area contributed by atoms with Gasteiger partial charge in [0.1, 0.15) is 11.6 Å². The minimum atomic E-state index is -3.50. The highest BCUT2D eigenvalue weighted by molar-refractivity contribution is 7.87. The number of aromatic amines is 1. The highest BCUT2D eigenvalue weighted by Gasteiger charge is 2.19. The first-order chi connectivity index (χ1) is 11.2. The van der Waals surface area contributed by atoms with E-state index in [9.17, 15) is 8.42 Å². The summed E-state index contributed by atoms with van der Waals surface area (Å²) in [6, 6.07) is 0. The molecule has 0 aromatic carbocycles. The molecule has 2 rings (SSSR count). The standard InChI is InChI=1S/C8H15N3O3S.C6H10N2O.CH4/c1-7-9-8(4-5-12)6-11(7)15(13,14)10(2)3;1-5-7-4-6(8-5)2-3-9;/h6,12H,4-5H2,1-3H3;4,9H,2-3H2,1H3,(H,7,8);1H4. The Morgan fingerprint density at radius 3 is 2.24 bits per heavy atom. The molecule has 144 valence electrons. The average molecular weight is 375 g/mol. The van der Waals surface area contributed by atoms with Gasteiger partial charge in [-0.05, 0) is 13.8 Å². The van der Waals surface area contributed by atoms with Crippen LogP contribution in [0.3, 0.4) is 0 Å². The van der Waals surface area contributed by atoms with E-state index in [0.717, 1.165) is 19.8 Å². The molecule has 2 heterocycles. The van der Waals surface area contributed by atoms with E-state index < -0.39 is 10.2 Å². The SMILES string of the molecule is C.Cc1nc(CCO)cn1S(=O)(=O)N(C)C.Cc1ncc(CCO)[nH]1. The Bertz CT molecular complexity index is 737. The molecule has 0 saturated heterocycles. The Morgan fingerprint density at radius 1 is 1.20 bits per heavy atom. The summed E-state index contributed by atoms with van der Waals surface area (Å²) in [6.45, 7) is 3.64. The predicted molar refractivity (Wildman–Crippen MR) is 96.6 cm³/mol.